The number of allylic oxidation sites excluding steroid dienone is 1. The number of rotatable bonds is 5. The predicted octanol–water partition coefficient (Wildman–Crippen LogP) is 6.85. The Hall–Kier alpha value is -3.09. The van der Waals surface area contributed by atoms with Gasteiger partial charge < -0.3 is 15.4 Å². The summed E-state index contributed by atoms with van der Waals surface area (Å²) in [6, 6.07) is 16.4. The molecule has 4 aromatic rings. The largest absolute Gasteiger partial charge is 0.369 e. The summed E-state index contributed by atoms with van der Waals surface area (Å²) in [6.07, 6.45) is 4.18. The molecular formula is C29H32N4OS. The molecule has 0 fully saturated rings. The van der Waals surface area contributed by atoms with Crippen molar-refractivity contribution in [3.8, 4) is 11.3 Å². The first kappa shape index (κ1) is 23.6. The number of thioether (sulfide) groups is 1. The number of aromatic nitrogens is 3. The first-order valence-corrected chi connectivity index (χ1v) is 13.2. The molecule has 2 aromatic heterocycles. The Morgan fingerprint density at radius 1 is 1.09 bits per heavy atom. The Balaban J connectivity index is 1.45. The van der Waals surface area contributed by atoms with Crippen LogP contribution < -0.4 is 5.32 Å². The molecular weight excluding hydrogens is 452 g/mol. The van der Waals surface area contributed by atoms with Gasteiger partial charge in [-0.25, -0.2) is 9.97 Å². The second kappa shape index (κ2) is 9.51. The second-order valence-electron chi connectivity index (χ2n) is 10.1. The highest BCUT2D eigenvalue weighted by atomic mass is 32.2. The van der Waals surface area contributed by atoms with E-state index in [2.05, 4.69) is 78.3 Å². The molecule has 3 N–H and O–H groups in total. The van der Waals surface area contributed by atoms with Gasteiger partial charge >= 0.3 is 0 Å². The lowest BCUT2D eigenvalue weighted by atomic mass is 9.86. The first-order valence-electron chi connectivity index (χ1n) is 12.1. The standard InChI is InChI=1S/C29H32N4OS/c1-18-22(26-23-16-25(19-12-14-35-15-13-19)32-27(23)31-17-30-26)6-5-7-24(18)33-28(34)20-8-10-21(11-9-20)29(2,3)4/h5-12,16-17,28,33-34H,13-15H2,1-4H3,(H,30,31,32). The van der Waals surface area contributed by atoms with E-state index in [9.17, 15) is 5.11 Å². The fourth-order valence-corrected chi connectivity index (χ4v) is 5.39. The number of aliphatic hydroxyl groups is 1. The number of anilines is 1. The number of hydrogen-bond donors (Lipinski definition) is 3. The third-order valence-electron chi connectivity index (χ3n) is 6.71. The van der Waals surface area contributed by atoms with Gasteiger partial charge in [0, 0.05) is 33.6 Å². The fourth-order valence-electron chi connectivity index (χ4n) is 4.54. The topological polar surface area (TPSA) is 73.8 Å². The van der Waals surface area contributed by atoms with Gasteiger partial charge in [0.25, 0.3) is 0 Å². The first-order chi connectivity index (χ1) is 16.8. The van der Waals surface area contributed by atoms with E-state index in [0.717, 1.165) is 62.7 Å². The average molecular weight is 485 g/mol. The van der Waals surface area contributed by atoms with E-state index in [4.69, 9.17) is 0 Å². The summed E-state index contributed by atoms with van der Waals surface area (Å²) in [4.78, 5) is 12.6. The van der Waals surface area contributed by atoms with Crippen LogP contribution in [0.4, 0.5) is 5.69 Å². The quantitative estimate of drug-likeness (QED) is 0.270. The monoisotopic (exact) mass is 484 g/mol. The normalized spacial score (nSPS) is 15.2. The minimum Gasteiger partial charge on any atom is -0.369 e. The van der Waals surface area contributed by atoms with Crippen LogP contribution in [0.1, 0.15) is 55.8 Å². The molecule has 2 aromatic carbocycles. The molecule has 0 radical (unpaired) electrons. The van der Waals surface area contributed by atoms with Crippen molar-refractivity contribution >= 4 is 34.1 Å². The van der Waals surface area contributed by atoms with Gasteiger partial charge in [-0.2, -0.15) is 11.8 Å². The van der Waals surface area contributed by atoms with Crippen LogP contribution in [0.25, 0.3) is 27.9 Å². The fraction of sp³-hybridized carbons (Fsp3) is 0.310. The number of H-pyrrole nitrogens is 1. The Kier molecular flexibility index (Phi) is 6.43. The highest BCUT2D eigenvalue weighted by Crippen LogP contribution is 2.35. The molecule has 0 aliphatic carbocycles. The van der Waals surface area contributed by atoms with Crippen molar-refractivity contribution in [3.05, 3.63) is 83.3 Å². The lowest BCUT2D eigenvalue weighted by Crippen LogP contribution is -2.13. The highest BCUT2D eigenvalue weighted by Gasteiger charge is 2.18. The highest BCUT2D eigenvalue weighted by molar-refractivity contribution is 7.99. The van der Waals surface area contributed by atoms with Crippen LogP contribution in [0.15, 0.2) is 60.9 Å². The van der Waals surface area contributed by atoms with Gasteiger partial charge in [-0.05, 0) is 53.3 Å². The van der Waals surface area contributed by atoms with Crippen molar-refractivity contribution in [3.63, 3.8) is 0 Å². The van der Waals surface area contributed by atoms with Crippen LogP contribution in [-0.4, -0.2) is 31.6 Å². The van der Waals surface area contributed by atoms with E-state index in [-0.39, 0.29) is 5.41 Å². The van der Waals surface area contributed by atoms with Crippen molar-refractivity contribution in [2.75, 3.05) is 16.8 Å². The molecule has 3 heterocycles. The number of nitrogens with one attached hydrogen (secondary N) is 2. The van der Waals surface area contributed by atoms with Crippen molar-refractivity contribution < 1.29 is 5.11 Å². The Morgan fingerprint density at radius 2 is 1.89 bits per heavy atom. The molecule has 0 bridgehead atoms. The van der Waals surface area contributed by atoms with E-state index < -0.39 is 6.23 Å². The van der Waals surface area contributed by atoms with Crippen LogP contribution >= 0.6 is 11.8 Å². The molecule has 5 nitrogen and oxygen atoms in total. The van der Waals surface area contributed by atoms with Crippen LogP contribution in [0, 0.1) is 6.92 Å². The van der Waals surface area contributed by atoms with Gasteiger partial charge in [-0.3, -0.25) is 0 Å². The van der Waals surface area contributed by atoms with E-state index in [1.807, 2.05) is 36.0 Å². The minimum atomic E-state index is -0.807. The van der Waals surface area contributed by atoms with Crippen molar-refractivity contribution in [1.29, 1.82) is 0 Å². The van der Waals surface area contributed by atoms with Gasteiger partial charge in [-0.1, -0.05) is 63.2 Å². The zero-order valence-electron chi connectivity index (χ0n) is 20.7. The molecule has 180 valence electrons. The molecule has 35 heavy (non-hydrogen) atoms. The molecule has 0 amide bonds. The molecule has 1 aliphatic heterocycles. The third kappa shape index (κ3) is 4.86. The van der Waals surface area contributed by atoms with E-state index >= 15 is 0 Å². The summed E-state index contributed by atoms with van der Waals surface area (Å²) in [5.41, 5.74) is 9.32. The maximum Gasteiger partial charge on any atom is 0.150 e. The number of aliphatic hydroxyl groups excluding tert-OH is 1. The summed E-state index contributed by atoms with van der Waals surface area (Å²) < 4.78 is 0. The van der Waals surface area contributed by atoms with E-state index in [1.54, 1.807) is 6.33 Å². The van der Waals surface area contributed by atoms with Crippen LogP contribution in [0.2, 0.25) is 0 Å². The van der Waals surface area contributed by atoms with Gasteiger partial charge in [0.1, 0.15) is 12.0 Å². The molecule has 6 heteroatoms. The minimum absolute atomic E-state index is 0.0787. The van der Waals surface area contributed by atoms with Crippen LogP contribution in [0.5, 0.6) is 0 Å². The summed E-state index contributed by atoms with van der Waals surface area (Å²) in [5.74, 6) is 2.20. The molecule has 1 atom stereocenters. The maximum absolute atomic E-state index is 10.9. The second-order valence-corrected chi connectivity index (χ2v) is 11.3. The van der Waals surface area contributed by atoms with Crippen LogP contribution in [0.3, 0.4) is 0 Å². The third-order valence-corrected chi connectivity index (χ3v) is 7.60. The number of fused-ring (bicyclic) bond motifs is 1. The lowest BCUT2D eigenvalue weighted by Gasteiger charge is -2.21. The number of hydrogen-bond acceptors (Lipinski definition) is 5. The number of aromatic amines is 1. The zero-order chi connectivity index (χ0) is 24.6. The SMILES string of the molecule is Cc1c(NC(O)c2ccc(C(C)(C)C)cc2)cccc1-c1ncnc2[nH]c(C3=CCSCC3)cc12. The molecule has 1 aliphatic rings. The molecule has 0 saturated carbocycles. The average Bonchev–Trinajstić information content (AvgIpc) is 3.30. The van der Waals surface area contributed by atoms with Crippen molar-refractivity contribution in [2.45, 2.75) is 45.8 Å². The molecule has 5 rings (SSSR count). The lowest BCUT2D eigenvalue weighted by molar-refractivity contribution is 0.208. The van der Waals surface area contributed by atoms with Gasteiger partial charge in [0.2, 0.25) is 0 Å². The summed E-state index contributed by atoms with van der Waals surface area (Å²) in [7, 11) is 0. The zero-order valence-corrected chi connectivity index (χ0v) is 21.5. The molecule has 1 unspecified atom stereocenters. The van der Waals surface area contributed by atoms with E-state index in [0.29, 0.717) is 0 Å². The van der Waals surface area contributed by atoms with Crippen molar-refractivity contribution in [1.82, 2.24) is 15.0 Å². The Labute approximate surface area is 211 Å². The Bertz CT molecular complexity index is 1380. The summed E-state index contributed by atoms with van der Waals surface area (Å²) in [6.45, 7) is 8.63. The van der Waals surface area contributed by atoms with Gasteiger partial charge in [-0.15, -0.1) is 0 Å². The number of benzene rings is 2. The molecule has 0 saturated heterocycles. The predicted molar refractivity (Wildman–Crippen MR) is 148 cm³/mol. The van der Waals surface area contributed by atoms with Gasteiger partial charge in [0.05, 0.1) is 5.69 Å². The van der Waals surface area contributed by atoms with Gasteiger partial charge in [0.15, 0.2) is 6.23 Å². The molecule has 0 spiro atoms. The smallest absolute Gasteiger partial charge is 0.150 e. The van der Waals surface area contributed by atoms with Crippen molar-refractivity contribution in [2.24, 2.45) is 0 Å². The summed E-state index contributed by atoms with van der Waals surface area (Å²) in [5, 5.41) is 15.2. The maximum atomic E-state index is 10.9. The van der Waals surface area contributed by atoms with Crippen LogP contribution in [-0.2, 0) is 5.41 Å². The summed E-state index contributed by atoms with van der Waals surface area (Å²) >= 11 is 1.96. The number of nitrogens with zero attached hydrogens (tertiary/aromatic N) is 2. The van der Waals surface area contributed by atoms with E-state index in [1.165, 1.54) is 11.1 Å². The Morgan fingerprint density at radius 3 is 2.60 bits per heavy atom.